The third-order valence-corrected chi connectivity index (χ3v) is 3.36. The van der Waals surface area contributed by atoms with Crippen molar-refractivity contribution in [1.82, 2.24) is 5.32 Å². The van der Waals surface area contributed by atoms with Gasteiger partial charge in [0.15, 0.2) is 0 Å². The third-order valence-electron chi connectivity index (χ3n) is 2.54. The van der Waals surface area contributed by atoms with Gasteiger partial charge in [-0.05, 0) is 24.3 Å². The monoisotopic (exact) mass is 303 g/mol. The molecule has 0 radical (unpaired) electrons. The molecule has 0 saturated carbocycles. The molecule has 2 aromatic carbocycles. The second-order valence-electron chi connectivity index (χ2n) is 3.95. The van der Waals surface area contributed by atoms with Crippen LogP contribution >= 0.6 is 23.2 Å². The van der Waals surface area contributed by atoms with Crippen molar-refractivity contribution in [3.63, 3.8) is 0 Å². The minimum absolute atomic E-state index is 0.247. The van der Waals surface area contributed by atoms with Crippen molar-refractivity contribution in [2.45, 2.75) is 0 Å². The lowest BCUT2D eigenvalue weighted by atomic mass is 10.2. The summed E-state index contributed by atoms with van der Waals surface area (Å²) in [7, 11) is 0. The molecule has 1 N–H and O–H groups in total. The molecule has 2 rings (SSSR count). The smallest absolute Gasteiger partial charge is 0.253 e. The summed E-state index contributed by atoms with van der Waals surface area (Å²) < 4.78 is 0. The molecule has 0 fully saturated rings. The summed E-state index contributed by atoms with van der Waals surface area (Å²) >= 11 is 11.8. The first-order chi connectivity index (χ1) is 9.68. The predicted octanol–water partition coefficient (Wildman–Crippen LogP) is 3.77. The van der Waals surface area contributed by atoms with Crippen LogP contribution in [0.5, 0.6) is 0 Å². The first-order valence-electron chi connectivity index (χ1n) is 5.94. The minimum Gasteiger partial charge on any atom is -0.341 e. The summed E-state index contributed by atoms with van der Waals surface area (Å²) in [6.45, 7) is 0.247. The Kier molecular flexibility index (Phi) is 5.06. The zero-order chi connectivity index (χ0) is 14.4. The first kappa shape index (κ1) is 14.5. The topological polar surface area (TPSA) is 29.1 Å². The Hall–Kier alpha value is -1.95. The number of benzene rings is 2. The lowest BCUT2D eigenvalue weighted by molar-refractivity contribution is 0.0959. The van der Waals surface area contributed by atoms with E-state index in [1.807, 2.05) is 30.3 Å². The maximum atomic E-state index is 11.9. The van der Waals surface area contributed by atoms with Gasteiger partial charge in [0, 0.05) is 5.56 Å². The van der Waals surface area contributed by atoms with E-state index in [0.717, 1.165) is 5.56 Å². The van der Waals surface area contributed by atoms with Gasteiger partial charge < -0.3 is 5.32 Å². The van der Waals surface area contributed by atoms with Gasteiger partial charge in [-0.15, -0.1) is 0 Å². The number of hydrogen-bond donors (Lipinski definition) is 1. The van der Waals surface area contributed by atoms with E-state index in [9.17, 15) is 4.79 Å². The SMILES string of the molecule is O=C(NCC#Cc1ccccc1)c1cccc(Cl)c1Cl. The molecule has 1 amide bonds. The zero-order valence-electron chi connectivity index (χ0n) is 10.5. The lowest BCUT2D eigenvalue weighted by Gasteiger charge is -2.04. The third kappa shape index (κ3) is 3.77. The van der Waals surface area contributed by atoms with Crippen molar-refractivity contribution in [3.8, 4) is 11.8 Å². The first-order valence-corrected chi connectivity index (χ1v) is 6.70. The highest BCUT2D eigenvalue weighted by Crippen LogP contribution is 2.25. The summed E-state index contributed by atoms with van der Waals surface area (Å²) in [6, 6.07) is 14.5. The Morgan fingerprint density at radius 1 is 1.05 bits per heavy atom. The Morgan fingerprint density at radius 3 is 2.55 bits per heavy atom. The number of rotatable bonds is 2. The Balaban J connectivity index is 1.97. The van der Waals surface area contributed by atoms with Gasteiger partial charge in [-0.25, -0.2) is 0 Å². The summed E-state index contributed by atoms with van der Waals surface area (Å²) in [5, 5.41) is 3.29. The zero-order valence-corrected chi connectivity index (χ0v) is 12.0. The summed E-state index contributed by atoms with van der Waals surface area (Å²) in [6.07, 6.45) is 0. The van der Waals surface area contributed by atoms with Crippen LogP contribution in [0.1, 0.15) is 15.9 Å². The van der Waals surface area contributed by atoms with Crippen LogP contribution < -0.4 is 5.32 Å². The van der Waals surface area contributed by atoms with Gasteiger partial charge in [0.25, 0.3) is 5.91 Å². The number of hydrogen-bond acceptors (Lipinski definition) is 1. The molecular weight excluding hydrogens is 293 g/mol. The fraction of sp³-hybridized carbons (Fsp3) is 0.0625. The molecule has 0 heterocycles. The Labute approximate surface area is 127 Å². The normalized spacial score (nSPS) is 9.50. The molecule has 0 saturated heterocycles. The van der Waals surface area contributed by atoms with E-state index in [-0.39, 0.29) is 17.5 Å². The molecule has 4 heteroatoms. The number of halogens is 2. The van der Waals surface area contributed by atoms with Crippen LogP contribution in [0.3, 0.4) is 0 Å². The van der Waals surface area contributed by atoms with Crippen molar-refractivity contribution in [3.05, 3.63) is 69.7 Å². The molecule has 0 bridgehead atoms. The van der Waals surface area contributed by atoms with Gasteiger partial charge in [0.2, 0.25) is 0 Å². The van der Waals surface area contributed by atoms with E-state index in [1.165, 1.54) is 0 Å². The standard InChI is InChI=1S/C16H11Cl2NO/c17-14-10-4-9-13(15(14)18)16(20)19-11-5-8-12-6-2-1-3-7-12/h1-4,6-7,9-10H,11H2,(H,19,20). The molecule has 0 atom stereocenters. The number of carbonyl (C=O) groups is 1. The average molecular weight is 304 g/mol. The van der Waals surface area contributed by atoms with Crippen molar-refractivity contribution in [2.24, 2.45) is 0 Å². The van der Waals surface area contributed by atoms with Gasteiger partial charge in [0.05, 0.1) is 22.2 Å². The highest BCUT2D eigenvalue weighted by molar-refractivity contribution is 6.43. The van der Waals surface area contributed by atoms with E-state index >= 15 is 0 Å². The van der Waals surface area contributed by atoms with E-state index in [2.05, 4.69) is 17.2 Å². The van der Waals surface area contributed by atoms with E-state index in [1.54, 1.807) is 18.2 Å². The van der Waals surface area contributed by atoms with E-state index < -0.39 is 0 Å². The molecule has 0 aliphatic heterocycles. The average Bonchev–Trinajstić information content (AvgIpc) is 2.47. The van der Waals surface area contributed by atoms with Crippen molar-refractivity contribution < 1.29 is 4.79 Å². The molecule has 2 nitrogen and oxygen atoms in total. The predicted molar refractivity (Wildman–Crippen MR) is 82.1 cm³/mol. The number of nitrogens with one attached hydrogen (secondary N) is 1. The summed E-state index contributed by atoms with van der Waals surface area (Å²) in [5.41, 5.74) is 1.25. The molecule has 100 valence electrons. The summed E-state index contributed by atoms with van der Waals surface area (Å²) in [5.74, 6) is 5.54. The number of amides is 1. The van der Waals surface area contributed by atoms with Crippen LogP contribution in [0.2, 0.25) is 10.0 Å². The fourth-order valence-electron chi connectivity index (χ4n) is 1.57. The summed E-state index contributed by atoms with van der Waals surface area (Å²) in [4.78, 5) is 11.9. The van der Waals surface area contributed by atoms with Gasteiger partial charge in [-0.2, -0.15) is 0 Å². The van der Waals surface area contributed by atoms with Gasteiger partial charge in [-0.3, -0.25) is 4.79 Å². The van der Waals surface area contributed by atoms with Crippen molar-refractivity contribution in [2.75, 3.05) is 6.54 Å². The van der Waals surface area contributed by atoms with Crippen LogP contribution in [0.25, 0.3) is 0 Å². The Bertz CT molecular complexity index is 672. The molecule has 0 aliphatic rings. The van der Waals surface area contributed by atoms with Crippen LogP contribution in [0.15, 0.2) is 48.5 Å². The second kappa shape index (κ2) is 7.00. The van der Waals surface area contributed by atoms with Crippen molar-refractivity contribution >= 4 is 29.1 Å². The Morgan fingerprint density at radius 2 is 1.80 bits per heavy atom. The van der Waals surface area contributed by atoms with Crippen LogP contribution in [0.4, 0.5) is 0 Å². The maximum Gasteiger partial charge on any atom is 0.253 e. The highest BCUT2D eigenvalue weighted by Gasteiger charge is 2.11. The number of carbonyl (C=O) groups excluding carboxylic acids is 1. The molecule has 0 unspecified atom stereocenters. The van der Waals surface area contributed by atoms with Gasteiger partial charge in [-0.1, -0.05) is 59.3 Å². The molecule has 0 aliphatic carbocycles. The molecule has 20 heavy (non-hydrogen) atoms. The van der Waals surface area contributed by atoms with Crippen LogP contribution in [-0.4, -0.2) is 12.5 Å². The highest BCUT2D eigenvalue weighted by atomic mass is 35.5. The molecule has 2 aromatic rings. The quantitative estimate of drug-likeness (QED) is 0.841. The minimum atomic E-state index is -0.292. The van der Waals surface area contributed by atoms with Gasteiger partial charge in [0.1, 0.15) is 0 Å². The van der Waals surface area contributed by atoms with Crippen molar-refractivity contribution in [1.29, 1.82) is 0 Å². The van der Waals surface area contributed by atoms with Crippen LogP contribution in [-0.2, 0) is 0 Å². The molecule has 0 aromatic heterocycles. The largest absolute Gasteiger partial charge is 0.341 e. The maximum absolute atomic E-state index is 11.9. The van der Waals surface area contributed by atoms with E-state index in [0.29, 0.717) is 10.6 Å². The fourth-order valence-corrected chi connectivity index (χ4v) is 1.95. The molecular formula is C16H11Cl2NO. The van der Waals surface area contributed by atoms with Crippen LogP contribution in [0, 0.1) is 11.8 Å². The lowest BCUT2D eigenvalue weighted by Crippen LogP contribution is -2.23. The second-order valence-corrected chi connectivity index (χ2v) is 4.74. The van der Waals surface area contributed by atoms with Gasteiger partial charge >= 0.3 is 0 Å². The van der Waals surface area contributed by atoms with E-state index in [4.69, 9.17) is 23.2 Å². The molecule has 0 spiro atoms.